The first kappa shape index (κ1) is 26.0. The number of aryl methyl sites for hydroxylation is 2. The van der Waals surface area contributed by atoms with Gasteiger partial charge in [0.15, 0.2) is 0 Å². The van der Waals surface area contributed by atoms with Crippen LogP contribution in [0.4, 0.5) is 21.7 Å². The van der Waals surface area contributed by atoms with Gasteiger partial charge in [-0.25, -0.2) is 19.2 Å². The van der Waals surface area contributed by atoms with Crippen molar-refractivity contribution in [2.45, 2.75) is 13.8 Å². The van der Waals surface area contributed by atoms with Gasteiger partial charge < -0.3 is 19.9 Å². The fraction of sp³-hybridized carbons (Fsp3) is 0.269. The first-order valence-corrected chi connectivity index (χ1v) is 12.1. The number of carbonyl (C=O) groups is 1. The molecule has 3 aromatic rings. The van der Waals surface area contributed by atoms with E-state index in [0.29, 0.717) is 36.2 Å². The lowest BCUT2D eigenvalue weighted by Gasteiger charge is -2.37. The molecule has 0 radical (unpaired) electrons. The van der Waals surface area contributed by atoms with Gasteiger partial charge in [0, 0.05) is 48.9 Å². The first-order chi connectivity index (χ1) is 17.8. The number of piperazine rings is 1. The molecule has 1 saturated heterocycles. The zero-order chi connectivity index (χ0) is 26.4. The molecule has 0 saturated carbocycles. The minimum absolute atomic E-state index is 0.235. The van der Waals surface area contributed by atoms with E-state index in [2.05, 4.69) is 35.4 Å². The molecule has 2 heterocycles. The number of aliphatic imine (C=N–C) groups is 1. The minimum atomic E-state index is -0.410. The highest BCUT2D eigenvalue weighted by molar-refractivity contribution is 7.80. The Morgan fingerprint density at radius 1 is 0.973 bits per heavy atom. The topological polar surface area (TPSA) is 95.0 Å². The van der Waals surface area contributed by atoms with Crippen LogP contribution in [0.25, 0.3) is 0 Å². The Labute approximate surface area is 220 Å². The highest BCUT2D eigenvalue weighted by Crippen LogP contribution is 2.18. The van der Waals surface area contributed by atoms with Crippen LogP contribution in [0.5, 0.6) is 0 Å². The molecule has 192 valence electrons. The van der Waals surface area contributed by atoms with Crippen molar-refractivity contribution in [3.05, 3.63) is 77.4 Å². The number of thiocarbonyl (C=S) groups is 1. The summed E-state index contributed by atoms with van der Waals surface area (Å²) in [6.45, 7) is 6.56. The van der Waals surface area contributed by atoms with E-state index in [-0.39, 0.29) is 10.9 Å². The SMILES string of the molecule is COC(=O)c1ccc(NC(=S)/N=C(/Nc2nc(C)cc(C)n2)N2CCN(c3ccc(F)cc3)CC2)cc1. The molecule has 37 heavy (non-hydrogen) atoms. The molecular formula is C26H28FN7O2S. The summed E-state index contributed by atoms with van der Waals surface area (Å²) < 4.78 is 18.1. The van der Waals surface area contributed by atoms with Crippen LogP contribution in [0.1, 0.15) is 21.7 Å². The number of benzene rings is 2. The number of guanidine groups is 1. The summed E-state index contributed by atoms with van der Waals surface area (Å²) in [7, 11) is 1.34. The van der Waals surface area contributed by atoms with Gasteiger partial charge in [-0.05, 0) is 80.7 Å². The molecule has 0 unspecified atom stereocenters. The molecule has 1 aliphatic rings. The molecule has 0 atom stereocenters. The third kappa shape index (κ3) is 6.98. The van der Waals surface area contributed by atoms with Gasteiger partial charge in [0.25, 0.3) is 0 Å². The minimum Gasteiger partial charge on any atom is -0.465 e. The quantitative estimate of drug-likeness (QED) is 0.229. The van der Waals surface area contributed by atoms with Crippen molar-refractivity contribution in [3.8, 4) is 0 Å². The Morgan fingerprint density at radius 2 is 1.59 bits per heavy atom. The molecule has 9 nitrogen and oxygen atoms in total. The maximum atomic E-state index is 13.3. The van der Waals surface area contributed by atoms with E-state index in [1.54, 1.807) is 36.4 Å². The fourth-order valence-corrected chi connectivity index (χ4v) is 4.15. The monoisotopic (exact) mass is 521 g/mol. The third-order valence-electron chi connectivity index (χ3n) is 5.74. The number of aromatic nitrogens is 2. The number of anilines is 3. The third-order valence-corrected chi connectivity index (χ3v) is 5.93. The van der Waals surface area contributed by atoms with Gasteiger partial charge in [0.05, 0.1) is 12.7 Å². The van der Waals surface area contributed by atoms with Gasteiger partial charge in [-0.15, -0.1) is 0 Å². The number of carbonyl (C=O) groups excluding carboxylic acids is 1. The van der Waals surface area contributed by atoms with Gasteiger partial charge in [0.1, 0.15) is 5.82 Å². The Hall–Kier alpha value is -4.12. The standard InChI is InChI=1S/C26H28FN7O2S/c1-17-16-18(2)29-24(28-17)31-25(32-26(37)30-21-8-4-19(5-9-21)23(35)36-3)34-14-12-33(13-15-34)22-10-6-20(27)7-11-22/h4-11,16H,12-15H2,1-3H3,(H2,28,29,30,31,32,37). The Kier molecular flexibility index (Phi) is 8.24. The number of halogens is 1. The molecule has 1 aliphatic heterocycles. The predicted molar refractivity (Wildman–Crippen MR) is 147 cm³/mol. The van der Waals surface area contributed by atoms with Gasteiger partial charge in [-0.2, -0.15) is 4.99 Å². The van der Waals surface area contributed by atoms with Crippen LogP contribution in [-0.4, -0.2) is 65.2 Å². The first-order valence-electron chi connectivity index (χ1n) is 11.7. The molecule has 4 rings (SSSR count). The van der Waals surface area contributed by atoms with Crippen molar-refractivity contribution < 1.29 is 13.9 Å². The number of methoxy groups -OCH3 is 1. The van der Waals surface area contributed by atoms with Crippen LogP contribution >= 0.6 is 12.2 Å². The summed E-state index contributed by atoms with van der Waals surface area (Å²) >= 11 is 5.52. The predicted octanol–water partition coefficient (Wildman–Crippen LogP) is 4.01. The van der Waals surface area contributed by atoms with Crippen LogP contribution in [0.15, 0.2) is 59.6 Å². The van der Waals surface area contributed by atoms with Gasteiger partial charge in [-0.1, -0.05) is 0 Å². The van der Waals surface area contributed by atoms with Gasteiger partial charge in [-0.3, -0.25) is 5.32 Å². The van der Waals surface area contributed by atoms with Crippen molar-refractivity contribution >= 4 is 46.6 Å². The normalized spacial score (nSPS) is 13.8. The average molecular weight is 522 g/mol. The lowest BCUT2D eigenvalue weighted by atomic mass is 10.2. The highest BCUT2D eigenvalue weighted by Gasteiger charge is 2.22. The summed E-state index contributed by atoms with van der Waals surface area (Å²) in [5, 5.41) is 6.56. The zero-order valence-electron chi connectivity index (χ0n) is 20.9. The number of rotatable bonds is 4. The molecule has 1 aromatic heterocycles. The van der Waals surface area contributed by atoms with Crippen LogP contribution in [-0.2, 0) is 4.74 Å². The second kappa shape index (κ2) is 11.7. The van der Waals surface area contributed by atoms with E-state index >= 15 is 0 Å². The smallest absolute Gasteiger partial charge is 0.337 e. The second-order valence-corrected chi connectivity index (χ2v) is 8.87. The Bertz CT molecular complexity index is 1270. The molecule has 2 N–H and O–H groups in total. The molecule has 0 aliphatic carbocycles. The lowest BCUT2D eigenvalue weighted by Crippen LogP contribution is -2.51. The van der Waals surface area contributed by atoms with Crippen LogP contribution < -0.4 is 15.5 Å². The fourth-order valence-electron chi connectivity index (χ4n) is 3.94. The number of nitrogens with zero attached hydrogens (tertiary/aromatic N) is 5. The maximum absolute atomic E-state index is 13.3. The molecule has 2 aromatic carbocycles. The largest absolute Gasteiger partial charge is 0.465 e. The van der Waals surface area contributed by atoms with Crippen LogP contribution in [0.2, 0.25) is 0 Å². The average Bonchev–Trinajstić information content (AvgIpc) is 2.88. The van der Waals surface area contributed by atoms with Gasteiger partial charge in [0.2, 0.25) is 17.0 Å². The molecule has 0 amide bonds. The molecule has 1 fully saturated rings. The molecule has 0 bridgehead atoms. The van der Waals surface area contributed by atoms with E-state index in [4.69, 9.17) is 17.0 Å². The molecule has 0 spiro atoms. The van der Waals surface area contributed by atoms with Crippen LogP contribution in [0.3, 0.4) is 0 Å². The number of nitrogens with one attached hydrogen (secondary N) is 2. The van der Waals surface area contributed by atoms with Crippen molar-refractivity contribution in [1.82, 2.24) is 14.9 Å². The molecular weight excluding hydrogens is 493 g/mol. The van der Waals surface area contributed by atoms with E-state index in [9.17, 15) is 9.18 Å². The Balaban J connectivity index is 1.51. The zero-order valence-corrected chi connectivity index (χ0v) is 21.7. The number of hydrogen-bond acceptors (Lipinski definition) is 6. The van der Waals surface area contributed by atoms with E-state index in [0.717, 1.165) is 30.2 Å². The van der Waals surface area contributed by atoms with Crippen LogP contribution in [0, 0.1) is 19.7 Å². The highest BCUT2D eigenvalue weighted by atomic mass is 32.1. The van der Waals surface area contributed by atoms with E-state index in [1.807, 2.05) is 19.9 Å². The van der Waals surface area contributed by atoms with Crippen molar-refractivity contribution in [2.24, 2.45) is 4.99 Å². The second-order valence-electron chi connectivity index (χ2n) is 8.48. The van der Waals surface area contributed by atoms with E-state index in [1.165, 1.54) is 19.2 Å². The van der Waals surface area contributed by atoms with Crippen molar-refractivity contribution in [1.29, 1.82) is 0 Å². The van der Waals surface area contributed by atoms with Crippen molar-refractivity contribution in [3.63, 3.8) is 0 Å². The summed E-state index contributed by atoms with van der Waals surface area (Å²) in [6.07, 6.45) is 0. The molecule has 11 heteroatoms. The number of ether oxygens (including phenoxy) is 1. The maximum Gasteiger partial charge on any atom is 0.337 e. The summed E-state index contributed by atoms with van der Waals surface area (Å²) in [4.78, 5) is 29.6. The summed E-state index contributed by atoms with van der Waals surface area (Å²) in [5.41, 5.74) is 3.77. The lowest BCUT2D eigenvalue weighted by molar-refractivity contribution is 0.0600. The summed E-state index contributed by atoms with van der Waals surface area (Å²) in [5.74, 6) is 0.289. The summed E-state index contributed by atoms with van der Waals surface area (Å²) in [6, 6.07) is 15.2. The van der Waals surface area contributed by atoms with Gasteiger partial charge >= 0.3 is 5.97 Å². The number of hydrogen-bond donors (Lipinski definition) is 2. The van der Waals surface area contributed by atoms with Crippen molar-refractivity contribution in [2.75, 3.05) is 48.8 Å². The Morgan fingerprint density at radius 3 is 2.19 bits per heavy atom. The van der Waals surface area contributed by atoms with E-state index < -0.39 is 5.97 Å². The number of esters is 1.